The van der Waals surface area contributed by atoms with E-state index in [9.17, 15) is 10.2 Å². The molecule has 0 spiro atoms. The van der Waals surface area contributed by atoms with Crippen LogP contribution in [0.3, 0.4) is 0 Å². The molecular formula is C30H48O3Si. The molecule has 0 aliphatic heterocycles. The van der Waals surface area contributed by atoms with Gasteiger partial charge in [0, 0.05) is 13.2 Å². The highest BCUT2D eigenvalue weighted by Gasteiger charge is 2.50. The Labute approximate surface area is 209 Å². The van der Waals surface area contributed by atoms with Crippen molar-refractivity contribution in [3.63, 3.8) is 0 Å². The van der Waals surface area contributed by atoms with Crippen molar-refractivity contribution in [3.8, 4) is 0 Å². The molecule has 2 aromatic rings. The van der Waals surface area contributed by atoms with Gasteiger partial charge in [-0.05, 0) is 58.3 Å². The van der Waals surface area contributed by atoms with Crippen LogP contribution in [0.1, 0.15) is 67.7 Å². The highest BCUT2D eigenvalue weighted by molar-refractivity contribution is 6.99. The summed E-state index contributed by atoms with van der Waals surface area (Å²) in [4.78, 5) is 0. The Balaban J connectivity index is 2.18. The van der Waals surface area contributed by atoms with Gasteiger partial charge < -0.3 is 14.6 Å². The van der Waals surface area contributed by atoms with E-state index in [4.69, 9.17) is 4.43 Å². The van der Waals surface area contributed by atoms with Crippen LogP contribution in [0, 0.1) is 23.7 Å². The number of hydrogen-bond donors (Lipinski definition) is 2. The average molecular weight is 485 g/mol. The van der Waals surface area contributed by atoms with Crippen molar-refractivity contribution in [2.24, 2.45) is 23.7 Å². The number of hydrogen-bond acceptors (Lipinski definition) is 3. The lowest BCUT2D eigenvalue weighted by atomic mass is 9.82. The maximum Gasteiger partial charge on any atom is 0.261 e. The van der Waals surface area contributed by atoms with Crippen molar-refractivity contribution in [2.45, 2.75) is 78.9 Å². The van der Waals surface area contributed by atoms with Crippen molar-refractivity contribution in [2.75, 3.05) is 13.2 Å². The fraction of sp³-hybridized carbons (Fsp3) is 0.600. The molecule has 0 saturated heterocycles. The lowest BCUT2D eigenvalue weighted by Crippen LogP contribution is -2.66. The molecule has 0 aromatic heterocycles. The smallest absolute Gasteiger partial charge is 0.261 e. The summed E-state index contributed by atoms with van der Waals surface area (Å²) >= 11 is 0. The van der Waals surface area contributed by atoms with Crippen LogP contribution < -0.4 is 10.4 Å². The van der Waals surface area contributed by atoms with Crippen LogP contribution in [-0.4, -0.2) is 37.8 Å². The third-order valence-electron chi connectivity index (χ3n) is 7.34. The molecule has 0 saturated carbocycles. The van der Waals surface area contributed by atoms with Gasteiger partial charge in [0.2, 0.25) is 0 Å². The molecule has 4 heteroatoms. The van der Waals surface area contributed by atoms with Crippen LogP contribution in [0.5, 0.6) is 0 Å². The van der Waals surface area contributed by atoms with E-state index in [1.165, 1.54) is 10.4 Å². The lowest BCUT2D eigenvalue weighted by molar-refractivity contribution is 0.0400. The molecule has 0 unspecified atom stereocenters. The van der Waals surface area contributed by atoms with Crippen LogP contribution in [0.4, 0.5) is 0 Å². The second-order valence-electron chi connectivity index (χ2n) is 11.6. The van der Waals surface area contributed by atoms with E-state index in [2.05, 4.69) is 109 Å². The van der Waals surface area contributed by atoms with Gasteiger partial charge in [0.05, 0.1) is 6.10 Å². The van der Waals surface area contributed by atoms with E-state index in [1.54, 1.807) is 0 Å². The molecule has 0 radical (unpaired) electrons. The van der Waals surface area contributed by atoms with Gasteiger partial charge in [0.15, 0.2) is 0 Å². The first kappa shape index (κ1) is 28.8. The Hall–Kier alpha value is -1.46. The minimum absolute atomic E-state index is 0.0298. The molecule has 190 valence electrons. The van der Waals surface area contributed by atoms with Crippen molar-refractivity contribution in [1.29, 1.82) is 0 Å². The summed E-state index contributed by atoms with van der Waals surface area (Å²) in [6, 6.07) is 21.6. The Morgan fingerprint density at radius 2 is 1.21 bits per heavy atom. The minimum Gasteiger partial charge on any atom is -0.407 e. The van der Waals surface area contributed by atoms with E-state index >= 15 is 0 Å². The molecule has 0 aliphatic rings. The molecule has 0 heterocycles. The van der Waals surface area contributed by atoms with Crippen LogP contribution in [0.15, 0.2) is 60.7 Å². The van der Waals surface area contributed by atoms with Gasteiger partial charge in [-0.1, -0.05) is 109 Å². The molecule has 2 N–H and O–H groups in total. The molecule has 5 atom stereocenters. The zero-order valence-corrected chi connectivity index (χ0v) is 23.5. The van der Waals surface area contributed by atoms with Gasteiger partial charge in [0.25, 0.3) is 8.32 Å². The molecule has 0 amide bonds. The zero-order chi connectivity index (χ0) is 25.4. The second-order valence-corrected chi connectivity index (χ2v) is 15.9. The van der Waals surface area contributed by atoms with Gasteiger partial charge in [-0.3, -0.25) is 0 Å². The summed E-state index contributed by atoms with van der Waals surface area (Å²) in [5, 5.41) is 22.7. The van der Waals surface area contributed by atoms with E-state index in [0.717, 1.165) is 19.3 Å². The zero-order valence-electron chi connectivity index (χ0n) is 22.5. The van der Waals surface area contributed by atoms with Gasteiger partial charge in [0.1, 0.15) is 0 Å². The topological polar surface area (TPSA) is 49.7 Å². The second kappa shape index (κ2) is 13.0. The van der Waals surface area contributed by atoms with Crippen molar-refractivity contribution >= 4 is 18.7 Å². The Bertz CT molecular complexity index is 778. The molecule has 34 heavy (non-hydrogen) atoms. The quantitative estimate of drug-likeness (QED) is 0.362. The van der Waals surface area contributed by atoms with Crippen LogP contribution in [-0.2, 0) is 4.43 Å². The summed E-state index contributed by atoms with van der Waals surface area (Å²) in [5.41, 5.74) is 0. The first-order valence-corrected chi connectivity index (χ1v) is 15.0. The first-order valence-electron chi connectivity index (χ1n) is 13.1. The van der Waals surface area contributed by atoms with Crippen LogP contribution in [0.25, 0.3) is 0 Å². The molecule has 3 nitrogen and oxygen atoms in total. The number of benzene rings is 2. The van der Waals surface area contributed by atoms with E-state index in [1.807, 2.05) is 0 Å². The maximum absolute atomic E-state index is 11.0. The van der Waals surface area contributed by atoms with Gasteiger partial charge in [-0.2, -0.15) is 0 Å². The van der Waals surface area contributed by atoms with Gasteiger partial charge in [-0.25, -0.2) is 0 Å². The minimum atomic E-state index is -2.53. The Morgan fingerprint density at radius 3 is 1.62 bits per heavy atom. The fourth-order valence-corrected chi connectivity index (χ4v) is 10.2. The van der Waals surface area contributed by atoms with Gasteiger partial charge in [-0.15, -0.1) is 0 Å². The van der Waals surface area contributed by atoms with E-state index in [-0.39, 0.29) is 29.6 Å². The molecule has 2 aromatic carbocycles. The van der Waals surface area contributed by atoms with E-state index < -0.39 is 8.32 Å². The maximum atomic E-state index is 11.0. The third kappa shape index (κ3) is 7.27. The van der Waals surface area contributed by atoms with Crippen molar-refractivity contribution in [3.05, 3.63) is 60.7 Å². The highest BCUT2D eigenvalue weighted by Crippen LogP contribution is 2.37. The number of rotatable bonds is 13. The summed E-state index contributed by atoms with van der Waals surface area (Å²) in [6.45, 7) is 16.5. The standard InChI is InChI=1S/C30H48O3Si/c1-23(18-19-31)20-25(3)29(32)26(4)21-24(2)22-33-34(30(5,6)7,27-14-10-8-11-15-27)28-16-12-9-13-17-28/h8-17,23-26,29,31-32H,18-22H2,1-7H3/t23-,24+,25+,26+,29-/m1/s1. The first-order chi connectivity index (χ1) is 16.0. The largest absolute Gasteiger partial charge is 0.407 e. The fourth-order valence-electron chi connectivity index (χ4n) is 5.54. The summed E-state index contributed by atoms with van der Waals surface area (Å²) in [6.07, 6.45) is 2.34. The summed E-state index contributed by atoms with van der Waals surface area (Å²) < 4.78 is 7.10. The predicted octanol–water partition coefficient (Wildman–Crippen LogP) is 5.63. The number of aliphatic hydroxyl groups excluding tert-OH is 2. The highest BCUT2D eigenvalue weighted by atomic mass is 28.4. The monoisotopic (exact) mass is 484 g/mol. The molecular weight excluding hydrogens is 436 g/mol. The average Bonchev–Trinajstić information content (AvgIpc) is 2.79. The van der Waals surface area contributed by atoms with Gasteiger partial charge >= 0.3 is 0 Å². The van der Waals surface area contributed by atoms with Crippen molar-refractivity contribution < 1.29 is 14.6 Å². The molecule has 0 fully saturated rings. The van der Waals surface area contributed by atoms with Crippen molar-refractivity contribution in [1.82, 2.24) is 0 Å². The summed E-state index contributed by atoms with van der Waals surface area (Å²) in [7, 11) is -2.53. The predicted molar refractivity (Wildman–Crippen MR) is 147 cm³/mol. The Morgan fingerprint density at radius 1 is 0.765 bits per heavy atom. The van der Waals surface area contributed by atoms with Crippen LogP contribution in [0.2, 0.25) is 5.04 Å². The molecule has 2 rings (SSSR count). The SMILES string of the molecule is C[C@H](CCO)C[C@H](C)[C@@H](O)[C@@H](C)C[C@H](C)CO[Si](c1ccccc1)(c1ccccc1)C(C)(C)C. The normalized spacial score (nSPS) is 17.1. The van der Waals surface area contributed by atoms with Crippen LogP contribution >= 0.6 is 0 Å². The summed E-state index contributed by atoms with van der Waals surface area (Å²) in [5.74, 6) is 1.20. The number of aliphatic hydroxyl groups is 2. The molecule has 0 bridgehead atoms. The molecule has 0 aliphatic carbocycles. The van der Waals surface area contributed by atoms with E-state index in [0.29, 0.717) is 18.4 Å². The third-order valence-corrected chi connectivity index (χ3v) is 12.3. The Kier molecular flexibility index (Phi) is 11.0. The lowest BCUT2D eigenvalue weighted by Gasteiger charge is -2.43.